The molecule has 2 aliphatic rings. The van der Waals surface area contributed by atoms with Crippen LogP contribution in [0.1, 0.15) is 50.0 Å². The Kier molecular flexibility index (Phi) is 3.40. The van der Waals surface area contributed by atoms with Crippen molar-refractivity contribution in [1.29, 1.82) is 0 Å². The lowest BCUT2D eigenvalue weighted by Gasteiger charge is -2.36. The van der Waals surface area contributed by atoms with Gasteiger partial charge in [0.05, 0.1) is 5.60 Å². The van der Waals surface area contributed by atoms with Gasteiger partial charge in [0.15, 0.2) is 0 Å². The number of rotatable bonds is 4. The third-order valence-electron chi connectivity index (χ3n) is 4.48. The van der Waals surface area contributed by atoms with Gasteiger partial charge in [-0.15, -0.1) is 0 Å². The molecule has 0 heterocycles. The van der Waals surface area contributed by atoms with E-state index in [-0.39, 0.29) is 0 Å². The number of benzene rings is 1. The molecule has 0 aliphatic heterocycles. The quantitative estimate of drug-likeness (QED) is 0.855. The monoisotopic (exact) mass is 245 g/mol. The van der Waals surface area contributed by atoms with E-state index in [9.17, 15) is 5.11 Å². The van der Waals surface area contributed by atoms with Crippen molar-refractivity contribution < 1.29 is 5.11 Å². The van der Waals surface area contributed by atoms with Crippen molar-refractivity contribution in [2.24, 2.45) is 0 Å². The highest BCUT2D eigenvalue weighted by atomic mass is 16.3. The maximum absolute atomic E-state index is 10.6. The summed E-state index contributed by atoms with van der Waals surface area (Å²) >= 11 is 0. The minimum Gasteiger partial charge on any atom is -0.389 e. The van der Waals surface area contributed by atoms with Crippen LogP contribution in [0.3, 0.4) is 0 Å². The van der Waals surface area contributed by atoms with E-state index in [1.807, 2.05) is 0 Å². The van der Waals surface area contributed by atoms with Gasteiger partial charge in [0.25, 0.3) is 0 Å². The second-order valence-electron chi connectivity index (χ2n) is 6.06. The van der Waals surface area contributed by atoms with Crippen molar-refractivity contribution in [2.75, 3.05) is 6.54 Å². The zero-order valence-corrected chi connectivity index (χ0v) is 10.9. The summed E-state index contributed by atoms with van der Waals surface area (Å²) in [6.45, 7) is 0.791. The topological polar surface area (TPSA) is 32.3 Å². The zero-order chi connectivity index (χ0) is 12.4. The first kappa shape index (κ1) is 12.2. The first-order valence-electron chi connectivity index (χ1n) is 7.26. The Balaban J connectivity index is 1.53. The Morgan fingerprint density at radius 1 is 1.06 bits per heavy atom. The first-order valence-corrected chi connectivity index (χ1v) is 7.26. The molecule has 2 fully saturated rings. The van der Waals surface area contributed by atoms with Gasteiger partial charge >= 0.3 is 0 Å². The maximum atomic E-state index is 10.6. The molecule has 0 spiro atoms. The van der Waals surface area contributed by atoms with Crippen molar-refractivity contribution in [1.82, 2.24) is 5.32 Å². The van der Waals surface area contributed by atoms with Crippen LogP contribution in [0.2, 0.25) is 0 Å². The summed E-state index contributed by atoms with van der Waals surface area (Å²) < 4.78 is 0. The smallest absolute Gasteiger partial charge is 0.0772 e. The zero-order valence-electron chi connectivity index (χ0n) is 10.9. The van der Waals surface area contributed by atoms with Crippen LogP contribution < -0.4 is 5.32 Å². The van der Waals surface area contributed by atoms with Crippen LogP contribution in [0.4, 0.5) is 0 Å². The van der Waals surface area contributed by atoms with E-state index in [2.05, 4.69) is 35.6 Å². The van der Waals surface area contributed by atoms with Crippen LogP contribution in [0, 0.1) is 0 Å². The van der Waals surface area contributed by atoms with Crippen molar-refractivity contribution >= 4 is 0 Å². The molecular formula is C16H23NO. The van der Waals surface area contributed by atoms with E-state index < -0.39 is 5.60 Å². The predicted octanol–water partition coefficient (Wildman–Crippen LogP) is 2.83. The van der Waals surface area contributed by atoms with E-state index in [1.165, 1.54) is 18.4 Å². The largest absolute Gasteiger partial charge is 0.389 e. The lowest BCUT2D eigenvalue weighted by atomic mass is 9.76. The van der Waals surface area contributed by atoms with Crippen molar-refractivity contribution in [2.45, 2.75) is 56.1 Å². The molecule has 2 N–H and O–H groups in total. The summed E-state index contributed by atoms with van der Waals surface area (Å²) in [6, 6.07) is 11.4. The van der Waals surface area contributed by atoms with Crippen LogP contribution in [0.25, 0.3) is 0 Å². The van der Waals surface area contributed by atoms with Crippen molar-refractivity contribution in [3.8, 4) is 0 Å². The Bertz CT molecular complexity index is 377. The molecule has 2 nitrogen and oxygen atoms in total. The van der Waals surface area contributed by atoms with E-state index in [0.717, 1.165) is 32.2 Å². The summed E-state index contributed by atoms with van der Waals surface area (Å²) in [7, 11) is 0. The van der Waals surface area contributed by atoms with E-state index in [1.54, 1.807) is 0 Å². The molecule has 3 rings (SSSR count). The Labute approximate surface area is 109 Å². The maximum Gasteiger partial charge on any atom is 0.0772 e. The normalized spacial score (nSPS) is 32.4. The second kappa shape index (κ2) is 5.02. The Hall–Kier alpha value is -0.860. The summed E-state index contributed by atoms with van der Waals surface area (Å²) in [4.78, 5) is 0. The molecule has 0 bridgehead atoms. The second-order valence-corrected chi connectivity index (χ2v) is 6.06. The fourth-order valence-corrected chi connectivity index (χ4v) is 3.01. The van der Waals surface area contributed by atoms with Crippen LogP contribution in [0.15, 0.2) is 30.3 Å². The molecule has 18 heavy (non-hydrogen) atoms. The van der Waals surface area contributed by atoms with Gasteiger partial charge in [-0.05, 0) is 50.0 Å². The van der Waals surface area contributed by atoms with Crippen LogP contribution >= 0.6 is 0 Å². The number of nitrogens with one attached hydrogen (secondary N) is 1. The molecule has 2 aliphatic carbocycles. The summed E-state index contributed by atoms with van der Waals surface area (Å²) in [5, 5.41) is 14.0. The lowest BCUT2D eigenvalue weighted by molar-refractivity contribution is -0.000228. The predicted molar refractivity (Wildman–Crippen MR) is 73.6 cm³/mol. The summed E-state index contributed by atoms with van der Waals surface area (Å²) in [5.41, 5.74) is 0.989. The van der Waals surface area contributed by atoms with Crippen LogP contribution in [-0.4, -0.2) is 23.3 Å². The standard InChI is InChI=1S/C16H23NO/c18-16(12-17-15-6-7-15)10-8-14(9-11-16)13-4-2-1-3-5-13/h1-5,14-15,17-18H,6-12H2. The first-order chi connectivity index (χ1) is 8.75. The third kappa shape index (κ3) is 2.93. The van der Waals surface area contributed by atoms with Gasteiger partial charge < -0.3 is 10.4 Å². The summed E-state index contributed by atoms with van der Waals surface area (Å²) in [5.74, 6) is 0.646. The lowest BCUT2D eigenvalue weighted by Crippen LogP contribution is -2.43. The van der Waals surface area contributed by atoms with Crippen LogP contribution in [0.5, 0.6) is 0 Å². The van der Waals surface area contributed by atoms with Crippen LogP contribution in [-0.2, 0) is 0 Å². The van der Waals surface area contributed by atoms with Gasteiger partial charge in [-0.3, -0.25) is 0 Å². The van der Waals surface area contributed by atoms with Gasteiger partial charge in [-0.2, -0.15) is 0 Å². The molecule has 2 saturated carbocycles. The highest BCUT2D eigenvalue weighted by molar-refractivity contribution is 5.20. The Morgan fingerprint density at radius 3 is 2.33 bits per heavy atom. The molecule has 0 saturated heterocycles. The molecule has 1 aromatic carbocycles. The number of hydrogen-bond donors (Lipinski definition) is 2. The molecule has 98 valence electrons. The average Bonchev–Trinajstić information content (AvgIpc) is 3.23. The molecule has 2 heteroatoms. The fourth-order valence-electron chi connectivity index (χ4n) is 3.01. The van der Waals surface area contributed by atoms with Crippen molar-refractivity contribution in [3.63, 3.8) is 0 Å². The van der Waals surface area contributed by atoms with Gasteiger partial charge in [0.2, 0.25) is 0 Å². The van der Waals surface area contributed by atoms with Gasteiger partial charge in [-0.25, -0.2) is 0 Å². The number of aliphatic hydroxyl groups is 1. The number of hydrogen-bond acceptors (Lipinski definition) is 2. The molecule has 0 aromatic heterocycles. The molecular weight excluding hydrogens is 222 g/mol. The minimum absolute atomic E-state index is 0.451. The Morgan fingerprint density at radius 2 is 1.72 bits per heavy atom. The molecule has 0 atom stereocenters. The molecule has 1 aromatic rings. The summed E-state index contributed by atoms with van der Waals surface area (Å²) in [6.07, 6.45) is 6.70. The van der Waals surface area contributed by atoms with E-state index in [4.69, 9.17) is 0 Å². The fraction of sp³-hybridized carbons (Fsp3) is 0.625. The molecule has 0 amide bonds. The molecule has 0 radical (unpaired) electrons. The van der Waals surface area contributed by atoms with Gasteiger partial charge in [0.1, 0.15) is 0 Å². The van der Waals surface area contributed by atoms with Crippen molar-refractivity contribution in [3.05, 3.63) is 35.9 Å². The SMILES string of the molecule is OC1(CNC2CC2)CCC(c2ccccc2)CC1. The highest BCUT2D eigenvalue weighted by Gasteiger charge is 2.35. The van der Waals surface area contributed by atoms with Gasteiger partial charge in [-0.1, -0.05) is 30.3 Å². The van der Waals surface area contributed by atoms with Gasteiger partial charge in [0, 0.05) is 12.6 Å². The molecule has 0 unspecified atom stereocenters. The highest BCUT2D eigenvalue weighted by Crippen LogP contribution is 2.38. The third-order valence-corrected chi connectivity index (χ3v) is 4.48. The average molecular weight is 245 g/mol. The van der Waals surface area contributed by atoms with E-state index in [0.29, 0.717) is 12.0 Å². The van der Waals surface area contributed by atoms with E-state index >= 15 is 0 Å². The minimum atomic E-state index is -0.451.